The van der Waals surface area contributed by atoms with Crippen molar-refractivity contribution in [3.05, 3.63) is 52.7 Å². The third-order valence-electron chi connectivity index (χ3n) is 4.59. The van der Waals surface area contributed by atoms with Crippen LogP contribution in [0.1, 0.15) is 50.8 Å². The summed E-state index contributed by atoms with van der Waals surface area (Å²) >= 11 is 5.77. The molecule has 1 aromatic heterocycles. The third-order valence-corrected chi connectivity index (χ3v) is 4.82. The van der Waals surface area contributed by atoms with Crippen molar-refractivity contribution in [1.29, 1.82) is 0 Å². The van der Waals surface area contributed by atoms with Crippen LogP contribution in [0.15, 0.2) is 30.6 Å². The molecule has 1 saturated heterocycles. The van der Waals surface area contributed by atoms with Crippen molar-refractivity contribution in [2.75, 3.05) is 13.1 Å². The fraction of sp³-hybridized carbons (Fsp3) is 0.476. The van der Waals surface area contributed by atoms with E-state index in [1.807, 2.05) is 20.8 Å². The molecule has 1 aliphatic heterocycles. The van der Waals surface area contributed by atoms with E-state index in [1.54, 1.807) is 23.2 Å². The van der Waals surface area contributed by atoms with E-state index in [4.69, 9.17) is 21.1 Å². The summed E-state index contributed by atoms with van der Waals surface area (Å²) in [6.45, 7) is 6.81. The van der Waals surface area contributed by atoms with Crippen LogP contribution in [0.25, 0.3) is 0 Å². The van der Waals surface area contributed by atoms with Crippen molar-refractivity contribution in [2.45, 2.75) is 51.7 Å². The van der Waals surface area contributed by atoms with Gasteiger partial charge in [0.2, 0.25) is 5.88 Å². The predicted octanol–water partition coefficient (Wildman–Crippen LogP) is 4.96. The van der Waals surface area contributed by atoms with Crippen LogP contribution in [0.4, 0.5) is 9.18 Å². The zero-order valence-electron chi connectivity index (χ0n) is 16.8. The molecule has 1 amide bonds. The second-order valence-electron chi connectivity index (χ2n) is 8.05. The number of ether oxygens (including phenoxy) is 2. The highest BCUT2D eigenvalue weighted by molar-refractivity contribution is 6.30. The molecule has 1 fully saturated rings. The number of rotatable bonds is 4. The number of piperidine rings is 1. The van der Waals surface area contributed by atoms with E-state index in [0.717, 1.165) is 18.5 Å². The quantitative estimate of drug-likeness (QED) is 0.697. The smallest absolute Gasteiger partial charge is 0.410 e. The number of likely N-dealkylation sites (tertiary alicyclic amines) is 1. The van der Waals surface area contributed by atoms with E-state index in [9.17, 15) is 9.18 Å². The first kappa shape index (κ1) is 21.3. The summed E-state index contributed by atoms with van der Waals surface area (Å²) in [4.78, 5) is 22.6. The average molecular weight is 422 g/mol. The maximum atomic E-state index is 13.9. The lowest BCUT2D eigenvalue weighted by Gasteiger charge is -2.33. The van der Waals surface area contributed by atoms with Crippen molar-refractivity contribution in [1.82, 2.24) is 14.9 Å². The molecule has 0 bridgehead atoms. The van der Waals surface area contributed by atoms with Crippen molar-refractivity contribution < 1.29 is 18.7 Å². The number of carbonyl (C=O) groups excluding carboxylic acids is 1. The molecular weight excluding hydrogens is 397 g/mol. The first-order valence-corrected chi connectivity index (χ1v) is 9.95. The van der Waals surface area contributed by atoms with Crippen molar-refractivity contribution in [3.8, 4) is 5.88 Å². The molecule has 0 spiro atoms. The number of nitrogens with zero attached hydrogens (tertiary/aromatic N) is 3. The Labute approximate surface area is 175 Å². The molecule has 0 radical (unpaired) electrons. The Kier molecular flexibility index (Phi) is 6.57. The van der Waals surface area contributed by atoms with E-state index < -0.39 is 11.4 Å². The number of aromatic nitrogens is 2. The first-order valence-electron chi connectivity index (χ1n) is 9.58. The van der Waals surface area contributed by atoms with Gasteiger partial charge in [0.15, 0.2) is 0 Å². The molecule has 8 heteroatoms. The predicted molar refractivity (Wildman–Crippen MR) is 108 cm³/mol. The van der Waals surface area contributed by atoms with E-state index in [2.05, 4.69) is 9.97 Å². The van der Waals surface area contributed by atoms with Crippen molar-refractivity contribution >= 4 is 17.7 Å². The van der Waals surface area contributed by atoms with Gasteiger partial charge in [-0.25, -0.2) is 14.2 Å². The first-order chi connectivity index (χ1) is 13.7. The largest absolute Gasteiger partial charge is 0.472 e. The highest BCUT2D eigenvalue weighted by atomic mass is 35.5. The number of carbonyl (C=O) groups is 1. The number of amides is 1. The highest BCUT2D eigenvalue weighted by Crippen LogP contribution is 2.28. The Morgan fingerprint density at radius 3 is 2.66 bits per heavy atom. The van der Waals surface area contributed by atoms with Gasteiger partial charge in [-0.05, 0) is 45.7 Å². The summed E-state index contributed by atoms with van der Waals surface area (Å²) < 4.78 is 24.9. The molecule has 3 rings (SSSR count). The molecule has 156 valence electrons. The van der Waals surface area contributed by atoms with Gasteiger partial charge < -0.3 is 14.4 Å². The van der Waals surface area contributed by atoms with E-state index in [-0.39, 0.29) is 18.6 Å². The number of halogens is 2. The van der Waals surface area contributed by atoms with Crippen LogP contribution < -0.4 is 4.74 Å². The van der Waals surface area contributed by atoms with E-state index >= 15 is 0 Å². The topological polar surface area (TPSA) is 64.5 Å². The van der Waals surface area contributed by atoms with Gasteiger partial charge in [-0.15, -0.1) is 0 Å². The molecule has 0 aliphatic carbocycles. The van der Waals surface area contributed by atoms with Gasteiger partial charge in [-0.2, -0.15) is 0 Å². The lowest BCUT2D eigenvalue weighted by atomic mass is 9.94. The highest BCUT2D eigenvalue weighted by Gasteiger charge is 2.28. The van der Waals surface area contributed by atoms with Gasteiger partial charge in [0.05, 0.1) is 11.9 Å². The summed E-state index contributed by atoms with van der Waals surface area (Å²) in [5.41, 5.74) is 0.699. The zero-order valence-corrected chi connectivity index (χ0v) is 17.6. The monoisotopic (exact) mass is 421 g/mol. The Balaban J connectivity index is 1.57. The lowest BCUT2D eigenvalue weighted by Crippen LogP contribution is -2.41. The molecule has 2 aromatic rings. The molecule has 6 nitrogen and oxygen atoms in total. The average Bonchev–Trinajstić information content (AvgIpc) is 2.66. The second-order valence-corrected chi connectivity index (χ2v) is 8.48. The number of benzene rings is 1. The fourth-order valence-corrected chi connectivity index (χ4v) is 3.26. The SMILES string of the molecule is CC(C)(C)OC(=O)N1CCC(c2cncc(OCc3ccc(Cl)cc3F)n2)CC1. The Morgan fingerprint density at radius 2 is 2.00 bits per heavy atom. The summed E-state index contributed by atoms with van der Waals surface area (Å²) in [6.07, 6.45) is 4.47. The van der Waals surface area contributed by atoms with E-state index in [0.29, 0.717) is 29.6 Å². The molecule has 0 saturated carbocycles. The molecule has 0 atom stereocenters. The molecule has 2 heterocycles. The standard InChI is InChI=1S/C21H25ClFN3O3/c1-21(2,3)29-20(27)26-8-6-14(7-9-26)18-11-24-12-19(25-18)28-13-15-4-5-16(22)10-17(15)23/h4-5,10-12,14H,6-9,13H2,1-3H3. The molecule has 1 aliphatic rings. The summed E-state index contributed by atoms with van der Waals surface area (Å²) in [6, 6.07) is 4.45. The normalized spacial score (nSPS) is 15.3. The molecule has 1 aromatic carbocycles. The van der Waals surface area contributed by atoms with Crippen molar-refractivity contribution in [3.63, 3.8) is 0 Å². The Hall–Kier alpha value is -2.41. The lowest BCUT2D eigenvalue weighted by molar-refractivity contribution is 0.0203. The maximum absolute atomic E-state index is 13.9. The maximum Gasteiger partial charge on any atom is 0.410 e. The van der Waals surface area contributed by atoms with Crippen LogP contribution >= 0.6 is 11.6 Å². The van der Waals surface area contributed by atoms with Crippen LogP contribution in [0, 0.1) is 5.82 Å². The summed E-state index contributed by atoms with van der Waals surface area (Å²) in [5, 5.41) is 0.339. The van der Waals surface area contributed by atoms with Crippen LogP contribution in [-0.4, -0.2) is 39.7 Å². The van der Waals surface area contributed by atoms with Crippen LogP contribution in [0.3, 0.4) is 0 Å². The number of hydrogen-bond acceptors (Lipinski definition) is 5. The van der Waals surface area contributed by atoms with Crippen LogP contribution in [0.2, 0.25) is 5.02 Å². The molecule has 0 unspecified atom stereocenters. The zero-order chi connectivity index (χ0) is 21.0. The molecule has 0 N–H and O–H groups in total. The fourth-order valence-electron chi connectivity index (χ4n) is 3.10. The van der Waals surface area contributed by atoms with Gasteiger partial charge in [0, 0.05) is 35.8 Å². The van der Waals surface area contributed by atoms with Gasteiger partial charge in [0.1, 0.15) is 18.0 Å². The third kappa shape index (κ3) is 6.03. The van der Waals surface area contributed by atoms with Crippen LogP contribution in [-0.2, 0) is 11.3 Å². The van der Waals surface area contributed by atoms with Crippen LogP contribution in [0.5, 0.6) is 5.88 Å². The van der Waals surface area contributed by atoms with Gasteiger partial charge in [-0.3, -0.25) is 4.98 Å². The Bertz CT molecular complexity index is 864. The Morgan fingerprint density at radius 1 is 1.28 bits per heavy atom. The van der Waals surface area contributed by atoms with Gasteiger partial charge >= 0.3 is 6.09 Å². The summed E-state index contributed by atoms with van der Waals surface area (Å²) in [5.74, 6) is 0.0968. The second kappa shape index (κ2) is 8.95. The van der Waals surface area contributed by atoms with Crippen molar-refractivity contribution in [2.24, 2.45) is 0 Å². The molecule has 29 heavy (non-hydrogen) atoms. The van der Waals surface area contributed by atoms with E-state index in [1.165, 1.54) is 12.3 Å². The minimum atomic E-state index is -0.505. The van der Waals surface area contributed by atoms with Gasteiger partial charge in [0.25, 0.3) is 0 Å². The van der Waals surface area contributed by atoms with Gasteiger partial charge in [-0.1, -0.05) is 17.7 Å². The summed E-state index contributed by atoms with van der Waals surface area (Å²) in [7, 11) is 0. The molecular formula is C21H25ClFN3O3. The minimum absolute atomic E-state index is 0.0399. The minimum Gasteiger partial charge on any atom is -0.472 e. The number of hydrogen-bond donors (Lipinski definition) is 0.